The summed E-state index contributed by atoms with van der Waals surface area (Å²) in [5.41, 5.74) is 0.532. The molecule has 0 atom stereocenters. The van der Waals surface area contributed by atoms with E-state index in [9.17, 15) is 9.59 Å². The summed E-state index contributed by atoms with van der Waals surface area (Å²) in [6.45, 7) is 0. The highest BCUT2D eigenvalue weighted by atomic mass is 16.4. The largest absolute Gasteiger partial charge is 0.478 e. The lowest BCUT2D eigenvalue weighted by atomic mass is 9.95. The molecule has 1 aromatic heterocycles. The van der Waals surface area contributed by atoms with Crippen molar-refractivity contribution in [1.82, 2.24) is 4.98 Å². The summed E-state index contributed by atoms with van der Waals surface area (Å²) in [5, 5.41) is 18.2. The van der Waals surface area contributed by atoms with Gasteiger partial charge in [-0.05, 0) is 18.2 Å². The summed E-state index contributed by atoms with van der Waals surface area (Å²) >= 11 is 0. The molecule has 2 N–H and O–H groups in total. The Labute approximate surface area is 102 Å². The molecule has 2 rings (SSSR count). The molecule has 5 heteroatoms. The lowest BCUT2D eigenvalue weighted by Gasteiger charge is -2.09. The fourth-order valence-electron chi connectivity index (χ4n) is 1.73. The minimum Gasteiger partial charge on any atom is -0.478 e. The quantitative estimate of drug-likeness (QED) is 0.862. The van der Waals surface area contributed by atoms with Crippen molar-refractivity contribution in [2.75, 3.05) is 0 Å². The highest BCUT2D eigenvalue weighted by Crippen LogP contribution is 2.27. The van der Waals surface area contributed by atoms with E-state index in [-0.39, 0.29) is 16.7 Å². The lowest BCUT2D eigenvalue weighted by Crippen LogP contribution is -2.06. The Balaban J connectivity index is 2.77. The molecule has 1 heterocycles. The lowest BCUT2D eigenvalue weighted by molar-refractivity contribution is 0.0696. The Morgan fingerprint density at radius 3 is 2.00 bits per heavy atom. The number of benzene rings is 1. The monoisotopic (exact) mass is 243 g/mol. The summed E-state index contributed by atoms with van der Waals surface area (Å²) in [6, 6.07) is 7.40. The third-order valence-electron chi connectivity index (χ3n) is 2.48. The van der Waals surface area contributed by atoms with Gasteiger partial charge in [0.2, 0.25) is 0 Å². The van der Waals surface area contributed by atoms with Crippen molar-refractivity contribution >= 4 is 11.9 Å². The molecule has 0 bridgehead atoms. The normalized spacial score (nSPS) is 10.0. The number of hydrogen-bond donors (Lipinski definition) is 2. The van der Waals surface area contributed by atoms with E-state index in [2.05, 4.69) is 4.98 Å². The SMILES string of the molecule is O=C(O)c1cccc(C(=O)O)c1-c1cccnc1. The van der Waals surface area contributed by atoms with Crippen molar-refractivity contribution in [3.63, 3.8) is 0 Å². The molecule has 0 unspecified atom stereocenters. The van der Waals surface area contributed by atoms with Gasteiger partial charge in [-0.2, -0.15) is 0 Å². The molecule has 0 fully saturated rings. The van der Waals surface area contributed by atoms with Crippen LogP contribution in [-0.4, -0.2) is 27.1 Å². The van der Waals surface area contributed by atoms with Crippen LogP contribution >= 0.6 is 0 Å². The Morgan fingerprint density at radius 2 is 1.56 bits per heavy atom. The van der Waals surface area contributed by atoms with Crippen LogP contribution < -0.4 is 0 Å². The first-order valence-electron chi connectivity index (χ1n) is 5.11. The maximum absolute atomic E-state index is 11.2. The predicted molar refractivity (Wildman–Crippen MR) is 63.6 cm³/mol. The van der Waals surface area contributed by atoms with Crippen molar-refractivity contribution < 1.29 is 19.8 Å². The van der Waals surface area contributed by atoms with Crippen molar-refractivity contribution in [2.24, 2.45) is 0 Å². The molecule has 18 heavy (non-hydrogen) atoms. The molecule has 2 aromatic rings. The number of carboxylic acids is 2. The summed E-state index contributed by atoms with van der Waals surface area (Å²) in [6.07, 6.45) is 2.97. The summed E-state index contributed by atoms with van der Waals surface area (Å²) in [7, 11) is 0. The van der Waals surface area contributed by atoms with Crippen molar-refractivity contribution in [3.05, 3.63) is 53.9 Å². The Bertz CT molecular complexity index is 575. The number of rotatable bonds is 3. The molecule has 1 aromatic carbocycles. The van der Waals surface area contributed by atoms with Crippen LogP contribution in [0.2, 0.25) is 0 Å². The van der Waals surface area contributed by atoms with E-state index in [0.717, 1.165) is 0 Å². The van der Waals surface area contributed by atoms with Gasteiger partial charge < -0.3 is 10.2 Å². The van der Waals surface area contributed by atoms with E-state index in [1.807, 2.05) is 0 Å². The molecule has 90 valence electrons. The fraction of sp³-hybridized carbons (Fsp3) is 0. The van der Waals surface area contributed by atoms with Crippen molar-refractivity contribution in [2.45, 2.75) is 0 Å². The molecule has 0 spiro atoms. The minimum absolute atomic E-state index is 0.0529. The summed E-state index contributed by atoms with van der Waals surface area (Å²) in [4.78, 5) is 26.2. The third kappa shape index (κ3) is 2.06. The number of aromatic carboxylic acids is 2. The molecule has 0 aliphatic carbocycles. The van der Waals surface area contributed by atoms with Crippen LogP contribution in [0.15, 0.2) is 42.7 Å². The van der Waals surface area contributed by atoms with E-state index in [0.29, 0.717) is 5.56 Å². The van der Waals surface area contributed by atoms with E-state index >= 15 is 0 Å². The first-order valence-corrected chi connectivity index (χ1v) is 5.11. The van der Waals surface area contributed by atoms with E-state index in [1.165, 1.54) is 30.6 Å². The second kappa shape index (κ2) is 4.67. The van der Waals surface area contributed by atoms with Crippen LogP contribution in [0.3, 0.4) is 0 Å². The van der Waals surface area contributed by atoms with Gasteiger partial charge in [-0.3, -0.25) is 4.98 Å². The number of carbonyl (C=O) groups is 2. The topological polar surface area (TPSA) is 87.5 Å². The van der Waals surface area contributed by atoms with Crippen LogP contribution in [-0.2, 0) is 0 Å². The van der Waals surface area contributed by atoms with Gasteiger partial charge in [0.05, 0.1) is 11.1 Å². The Hall–Kier alpha value is -2.69. The van der Waals surface area contributed by atoms with Gasteiger partial charge in [-0.1, -0.05) is 12.1 Å². The second-order valence-electron chi connectivity index (χ2n) is 3.58. The first-order chi connectivity index (χ1) is 8.61. The van der Waals surface area contributed by atoms with Gasteiger partial charge in [0.1, 0.15) is 0 Å². The third-order valence-corrected chi connectivity index (χ3v) is 2.48. The van der Waals surface area contributed by atoms with Gasteiger partial charge >= 0.3 is 11.9 Å². The average molecular weight is 243 g/mol. The Kier molecular flexibility index (Phi) is 3.05. The zero-order valence-corrected chi connectivity index (χ0v) is 9.20. The van der Waals surface area contributed by atoms with Gasteiger partial charge in [0.15, 0.2) is 0 Å². The van der Waals surface area contributed by atoms with Gasteiger partial charge in [0.25, 0.3) is 0 Å². The summed E-state index contributed by atoms with van der Waals surface area (Å²) in [5.74, 6) is -2.34. The maximum atomic E-state index is 11.2. The molecule has 0 saturated carbocycles. The number of nitrogens with zero attached hydrogens (tertiary/aromatic N) is 1. The first kappa shape index (κ1) is 11.8. The van der Waals surface area contributed by atoms with Gasteiger partial charge in [-0.15, -0.1) is 0 Å². The minimum atomic E-state index is -1.17. The van der Waals surface area contributed by atoms with Crippen LogP contribution in [0.1, 0.15) is 20.7 Å². The fourth-order valence-corrected chi connectivity index (χ4v) is 1.73. The second-order valence-corrected chi connectivity index (χ2v) is 3.58. The van der Waals surface area contributed by atoms with Gasteiger partial charge in [0, 0.05) is 23.5 Å². The number of hydrogen-bond acceptors (Lipinski definition) is 3. The van der Waals surface area contributed by atoms with Crippen LogP contribution in [0.25, 0.3) is 11.1 Å². The summed E-state index contributed by atoms with van der Waals surface area (Å²) < 4.78 is 0. The molecule has 0 amide bonds. The van der Waals surface area contributed by atoms with E-state index in [1.54, 1.807) is 12.1 Å². The van der Waals surface area contributed by atoms with Crippen molar-refractivity contribution in [1.29, 1.82) is 0 Å². The van der Waals surface area contributed by atoms with Crippen LogP contribution in [0, 0.1) is 0 Å². The highest BCUT2D eigenvalue weighted by Gasteiger charge is 2.19. The number of carboxylic acid groups (broad SMARTS) is 2. The van der Waals surface area contributed by atoms with Crippen LogP contribution in [0.4, 0.5) is 0 Å². The predicted octanol–water partition coefficient (Wildman–Crippen LogP) is 2.15. The molecule has 0 saturated heterocycles. The zero-order chi connectivity index (χ0) is 13.1. The van der Waals surface area contributed by atoms with Crippen LogP contribution in [0.5, 0.6) is 0 Å². The zero-order valence-electron chi connectivity index (χ0n) is 9.20. The number of pyridine rings is 1. The maximum Gasteiger partial charge on any atom is 0.336 e. The smallest absolute Gasteiger partial charge is 0.336 e. The van der Waals surface area contributed by atoms with Gasteiger partial charge in [-0.25, -0.2) is 9.59 Å². The molecule has 0 aliphatic rings. The molecule has 0 radical (unpaired) electrons. The Morgan fingerprint density at radius 1 is 0.944 bits per heavy atom. The van der Waals surface area contributed by atoms with Crippen molar-refractivity contribution in [3.8, 4) is 11.1 Å². The highest BCUT2D eigenvalue weighted by molar-refractivity contribution is 6.04. The molecular formula is C13H9NO4. The molecule has 0 aliphatic heterocycles. The van der Waals surface area contributed by atoms with E-state index in [4.69, 9.17) is 10.2 Å². The molecule has 5 nitrogen and oxygen atoms in total. The van der Waals surface area contributed by atoms with E-state index < -0.39 is 11.9 Å². The number of aromatic nitrogens is 1. The average Bonchev–Trinajstić information content (AvgIpc) is 2.38. The standard InChI is InChI=1S/C13H9NO4/c15-12(16)9-4-1-5-10(13(17)18)11(9)8-3-2-6-14-7-8/h1-7H,(H,15,16)(H,17,18). The molecular weight excluding hydrogens is 234 g/mol.